The molecule has 0 unspecified atom stereocenters. The van der Waals surface area contributed by atoms with Crippen molar-refractivity contribution in [1.29, 1.82) is 0 Å². The Hall–Kier alpha value is -0.980. The summed E-state index contributed by atoms with van der Waals surface area (Å²) in [5.74, 6) is 1.35. The highest BCUT2D eigenvalue weighted by Crippen LogP contribution is 2.62. The number of nitrogens with zero attached hydrogens (tertiary/aromatic N) is 1. The number of carboxylic acids is 1. The highest BCUT2D eigenvalue weighted by Gasteiger charge is 2.60. The zero-order chi connectivity index (χ0) is 21.1. The normalized spacial score (nSPS) is 37.4. The fourth-order valence-electron chi connectivity index (χ4n) is 4.92. The summed E-state index contributed by atoms with van der Waals surface area (Å²) in [4.78, 5) is 14.3. The van der Waals surface area contributed by atoms with E-state index in [1.54, 1.807) is 6.20 Å². The molecule has 2 aliphatic carbocycles. The van der Waals surface area contributed by atoms with Crippen molar-refractivity contribution in [3.8, 4) is 0 Å². The summed E-state index contributed by atoms with van der Waals surface area (Å²) >= 11 is 0. The molecule has 2 bridgehead atoms. The molecule has 3 aliphatic rings. The molecule has 6 heteroatoms. The second-order valence-electron chi connectivity index (χ2n) is 9.03. The molecule has 0 amide bonds. The number of pyridine rings is 1. The van der Waals surface area contributed by atoms with Gasteiger partial charge < -0.3 is 9.84 Å². The van der Waals surface area contributed by atoms with Gasteiger partial charge in [0.15, 0.2) is 0 Å². The van der Waals surface area contributed by atoms with E-state index in [0.29, 0.717) is 34.7 Å². The summed E-state index contributed by atoms with van der Waals surface area (Å²) in [6.07, 6.45) is 11.5. The predicted molar refractivity (Wildman–Crippen MR) is 121 cm³/mol. The van der Waals surface area contributed by atoms with E-state index in [1.165, 1.54) is 40.9 Å². The first-order valence-electron chi connectivity index (χ1n) is 10.5. The second-order valence-corrected chi connectivity index (χ2v) is 11.5. The second kappa shape index (κ2) is 9.44. The maximum absolute atomic E-state index is 10.2. The maximum atomic E-state index is 10.2. The van der Waals surface area contributed by atoms with E-state index in [9.17, 15) is 4.79 Å². The first-order chi connectivity index (χ1) is 13.8. The Morgan fingerprint density at radius 3 is 2.83 bits per heavy atom. The zero-order valence-corrected chi connectivity index (χ0v) is 19.5. The van der Waals surface area contributed by atoms with E-state index in [2.05, 4.69) is 44.8 Å². The lowest BCUT2D eigenvalue weighted by atomic mass is 9.52. The minimum absolute atomic E-state index is 0.199. The number of allylic oxidation sites excluding steroid dienone is 1. The van der Waals surface area contributed by atoms with Gasteiger partial charge >= 0.3 is 5.97 Å². The van der Waals surface area contributed by atoms with Gasteiger partial charge in [0.05, 0.1) is 18.6 Å². The van der Waals surface area contributed by atoms with Gasteiger partial charge in [0, 0.05) is 17.4 Å². The highest BCUT2D eigenvalue weighted by atomic mass is 33.1. The first-order valence-corrected chi connectivity index (χ1v) is 12.9. The van der Waals surface area contributed by atoms with Crippen molar-refractivity contribution < 1.29 is 14.6 Å². The monoisotopic (exact) mass is 435 g/mol. The van der Waals surface area contributed by atoms with Gasteiger partial charge in [0.2, 0.25) is 0 Å². The van der Waals surface area contributed by atoms with E-state index >= 15 is 0 Å². The van der Waals surface area contributed by atoms with Crippen LogP contribution in [0.25, 0.3) is 0 Å². The van der Waals surface area contributed by atoms with E-state index in [-0.39, 0.29) is 6.42 Å². The van der Waals surface area contributed by atoms with E-state index < -0.39 is 5.97 Å². The summed E-state index contributed by atoms with van der Waals surface area (Å²) in [5, 5.41) is 9.29. The smallest absolute Gasteiger partial charge is 0.304 e. The summed E-state index contributed by atoms with van der Waals surface area (Å²) in [6.45, 7) is 9.66. The number of carboxylic acid groups (broad SMARTS) is 1. The molecule has 4 rings (SSSR count). The van der Waals surface area contributed by atoms with Crippen LogP contribution in [0.1, 0.15) is 53.4 Å². The van der Waals surface area contributed by atoms with Crippen molar-refractivity contribution in [2.45, 2.75) is 70.6 Å². The number of ether oxygens (including phenoxy) is 1. The lowest BCUT2D eigenvalue weighted by Gasteiger charge is -2.58. The van der Waals surface area contributed by atoms with Crippen molar-refractivity contribution in [3.05, 3.63) is 36.5 Å². The average Bonchev–Trinajstić information content (AvgIpc) is 2.92. The highest BCUT2D eigenvalue weighted by molar-refractivity contribution is 8.76. The molecular formula is C23H33NO3S2. The van der Waals surface area contributed by atoms with Gasteiger partial charge in [0.1, 0.15) is 5.03 Å². The minimum atomic E-state index is -0.755. The number of rotatable bonds is 5. The van der Waals surface area contributed by atoms with Crippen LogP contribution in [-0.2, 0) is 9.53 Å². The number of hydrogen-bond donors (Lipinski definition) is 1. The number of aliphatic carboxylic acids is 1. The molecule has 160 valence electrons. The van der Waals surface area contributed by atoms with E-state index in [1.807, 2.05) is 18.2 Å². The van der Waals surface area contributed by atoms with Gasteiger partial charge in [-0.2, -0.15) is 0 Å². The Morgan fingerprint density at radius 1 is 1.34 bits per heavy atom. The molecule has 2 heterocycles. The predicted octanol–water partition coefficient (Wildman–Crippen LogP) is 6.09. The van der Waals surface area contributed by atoms with Gasteiger partial charge in [-0.25, -0.2) is 4.98 Å². The average molecular weight is 436 g/mol. The molecule has 0 spiro atoms. The fourth-order valence-corrected chi connectivity index (χ4v) is 6.78. The van der Waals surface area contributed by atoms with Crippen LogP contribution in [0.5, 0.6) is 0 Å². The van der Waals surface area contributed by atoms with Crippen LogP contribution < -0.4 is 0 Å². The van der Waals surface area contributed by atoms with Gasteiger partial charge in [-0.15, -0.1) is 0 Å². The summed E-state index contributed by atoms with van der Waals surface area (Å²) in [5.41, 5.74) is 0.725. The molecule has 0 radical (unpaired) electrons. The summed E-state index contributed by atoms with van der Waals surface area (Å²) in [7, 11) is 3.01. The van der Waals surface area contributed by atoms with Crippen molar-refractivity contribution in [1.82, 2.24) is 4.98 Å². The van der Waals surface area contributed by atoms with Gasteiger partial charge in [-0.05, 0) is 59.4 Å². The Kier molecular flexibility index (Phi) is 7.39. The molecule has 1 aromatic rings. The van der Waals surface area contributed by atoms with E-state index in [0.717, 1.165) is 10.9 Å². The number of aromatic nitrogens is 1. The molecule has 1 N–H and O–H groups in total. The van der Waals surface area contributed by atoms with Crippen LogP contribution in [0.2, 0.25) is 0 Å². The molecule has 4 nitrogen and oxygen atoms in total. The molecule has 0 aromatic carbocycles. The SMILES string of the molecule is C[C@@H]1CC[C@@]2(C)[C@@H](C1)O[C@@H]1C=C[C@@]2(C)[C@@H]1C.O=C(O)CCSSc1ccccn1. The number of hydrogen-bond acceptors (Lipinski definition) is 5. The summed E-state index contributed by atoms with van der Waals surface area (Å²) < 4.78 is 6.35. The molecule has 1 saturated carbocycles. The van der Waals surface area contributed by atoms with Crippen LogP contribution in [-0.4, -0.2) is 34.0 Å². The first kappa shape index (κ1) is 22.7. The fraction of sp³-hybridized carbons (Fsp3) is 0.652. The van der Waals surface area contributed by atoms with Gasteiger partial charge in [-0.1, -0.05) is 56.7 Å². The van der Waals surface area contributed by atoms with Crippen molar-refractivity contribution in [2.24, 2.45) is 22.7 Å². The number of fused-ring (bicyclic) bond motifs is 4. The molecule has 1 aliphatic heterocycles. The minimum Gasteiger partial charge on any atom is -0.481 e. The molecular weight excluding hydrogens is 402 g/mol. The summed E-state index contributed by atoms with van der Waals surface area (Å²) in [6, 6.07) is 5.66. The van der Waals surface area contributed by atoms with Crippen LogP contribution in [0.4, 0.5) is 0 Å². The molecule has 1 saturated heterocycles. The largest absolute Gasteiger partial charge is 0.481 e. The third-order valence-electron chi connectivity index (χ3n) is 7.29. The van der Waals surface area contributed by atoms with Crippen LogP contribution in [0.3, 0.4) is 0 Å². The lowest BCUT2D eigenvalue weighted by Crippen LogP contribution is -2.57. The van der Waals surface area contributed by atoms with Crippen molar-refractivity contribution in [3.63, 3.8) is 0 Å². The third-order valence-corrected chi connectivity index (χ3v) is 9.55. The Labute approximate surface area is 182 Å². The third kappa shape index (κ3) is 4.86. The molecule has 2 fully saturated rings. The Balaban J connectivity index is 0.000000170. The van der Waals surface area contributed by atoms with Crippen LogP contribution >= 0.6 is 21.6 Å². The van der Waals surface area contributed by atoms with Crippen LogP contribution in [0.15, 0.2) is 41.6 Å². The molecule has 29 heavy (non-hydrogen) atoms. The van der Waals surface area contributed by atoms with Crippen LogP contribution in [0, 0.1) is 22.7 Å². The zero-order valence-electron chi connectivity index (χ0n) is 17.8. The van der Waals surface area contributed by atoms with Crippen molar-refractivity contribution >= 4 is 27.6 Å². The Bertz CT molecular complexity index is 728. The quantitative estimate of drug-likeness (QED) is 0.343. The number of carbonyl (C=O) groups is 1. The van der Waals surface area contributed by atoms with Gasteiger partial charge in [0.25, 0.3) is 0 Å². The Morgan fingerprint density at radius 2 is 2.14 bits per heavy atom. The standard InChI is InChI=1S/C15H24O.C8H9NO2S2/c1-10-5-7-15(4)13(9-10)16-12-6-8-14(15,3)11(12)2;10-8(11)4-6-12-13-7-3-1-2-5-9-7/h6,8,10-13H,5,7,9H2,1-4H3;1-3,5H,4,6H2,(H,10,11)/t10-,11-,12-,13-,14+,15+;/m1./s1. The molecule has 1 aromatic heterocycles. The maximum Gasteiger partial charge on any atom is 0.304 e. The van der Waals surface area contributed by atoms with Gasteiger partial charge in [-0.3, -0.25) is 4.79 Å². The van der Waals surface area contributed by atoms with Crippen molar-refractivity contribution in [2.75, 3.05) is 5.75 Å². The van der Waals surface area contributed by atoms with E-state index in [4.69, 9.17) is 9.84 Å². The lowest BCUT2D eigenvalue weighted by molar-refractivity contribution is -0.202. The molecule has 6 atom stereocenters. The topological polar surface area (TPSA) is 59.4 Å².